The number of rotatable bonds is 5. The number of halogens is 2. The van der Waals surface area contributed by atoms with Gasteiger partial charge in [0.25, 0.3) is 0 Å². The second-order valence-corrected chi connectivity index (χ2v) is 5.77. The van der Waals surface area contributed by atoms with Crippen LogP contribution in [0.1, 0.15) is 15.9 Å². The van der Waals surface area contributed by atoms with E-state index in [1.807, 2.05) is 12.1 Å². The fourth-order valence-corrected chi connectivity index (χ4v) is 2.64. The Hall–Kier alpha value is -1.78. The van der Waals surface area contributed by atoms with E-state index in [1.165, 1.54) is 20.3 Å². The number of carbonyl (C=O) groups is 1. The molecule has 2 aromatic carbocycles. The third kappa shape index (κ3) is 3.90. The van der Waals surface area contributed by atoms with Crippen molar-refractivity contribution in [2.45, 2.75) is 0 Å². The lowest BCUT2D eigenvalue weighted by atomic mass is 10.1. The fourth-order valence-electron chi connectivity index (χ4n) is 1.94. The zero-order chi connectivity index (χ0) is 16.1. The molecule has 0 bridgehead atoms. The van der Waals surface area contributed by atoms with Crippen LogP contribution in [-0.2, 0) is 0 Å². The number of carbonyl (C=O) groups excluding carboxylic acids is 1. The smallest absolute Gasteiger partial charge is 0.185 e. The summed E-state index contributed by atoms with van der Waals surface area (Å²) in [7, 11) is 3.06. The van der Waals surface area contributed by atoms with E-state index in [0.29, 0.717) is 22.1 Å². The Morgan fingerprint density at radius 3 is 2.59 bits per heavy atom. The van der Waals surface area contributed by atoms with Crippen LogP contribution in [0.15, 0.2) is 46.9 Å². The van der Waals surface area contributed by atoms with Crippen molar-refractivity contribution in [2.24, 2.45) is 0 Å². The standard InChI is InChI=1S/C17H14BrClO3/c1-21-16-9-11(8-14(19)17(16)22-2)6-7-15(20)12-4-3-5-13(18)10-12/h3-10H,1-2H3. The molecule has 22 heavy (non-hydrogen) atoms. The predicted octanol–water partition coefficient (Wildman–Crippen LogP) is 5.02. The molecule has 0 aromatic heterocycles. The minimum atomic E-state index is -0.0905. The van der Waals surface area contributed by atoms with Gasteiger partial charge in [0.15, 0.2) is 17.3 Å². The highest BCUT2D eigenvalue weighted by atomic mass is 79.9. The molecule has 0 amide bonds. The average molecular weight is 382 g/mol. The van der Waals surface area contributed by atoms with Crippen LogP contribution < -0.4 is 9.47 Å². The summed E-state index contributed by atoms with van der Waals surface area (Å²) in [5.74, 6) is 0.899. The highest BCUT2D eigenvalue weighted by Crippen LogP contribution is 2.36. The van der Waals surface area contributed by atoms with Crippen molar-refractivity contribution in [3.05, 3.63) is 63.1 Å². The summed E-state index contributed by atoms with van der Waals surface area (Å²) in [6.07, 6.45) is 3.19. The van der Waals surface area contributed by atoms with Crippen LogP contribution in [0.25, 0.3) is 6.08 Å². The summed E-state index contributed by atoms with van der Waals surface area (Å²) in [5.41, 5.74) is 1.36. The van der Waals surface area contributed by atoms with Gasteiger partial charge in [-0.3, -0.25) is 4.79 Å². The molecule has 0 radical (unpaired) electrons. The summed E-state index contributed by atoms with van der Waals surface area (Å²) >= 11 is 9.48. The largest absolute Gasteiger partial charge is 0.493 e. The van der Waals surface area contributed by atoms with E-state index in [1.54, 1.807) is 30.3 Å². The first-order valence-electron chi connectivity index (χ1n) is 6.44. The van der Waals surface area contributed by atoms with E-state index >= 15 is 0 Å². The molecular weight excluding hydrogens is 368 g/mol. The molecule has 3 nitrogen and oxygen atoms in total. The fraction of sp³-hybridized carbons (Fsp3) is 0.118. The molecule has 2 rings (SSSR count). The molecule has 2 aromatic rings. The number of hydrogen-bond acceptors (Lipinski definition) is 3. The molecule has 5 heteroatoms. The zero-order valence-electron chi connectivity index (χ0n) is 12.1. The topological polar surface area (TPSA) is 35.5 Å². The first kappa shape index (κ1) is 16.6. The van der Waals surface area contributed by atoms with E-state index in [9.17, 15) is 4.79 Å². The highest BCUT2D eigenvalue weighted by Gasteiger charge is 2.10. The van der Waals surface area contributed by atoms with Crippen LogP contribution in [0.3, 0.4) is 0 Å². The normalized spacial score (nSPS) is 10.7. The maximum Gasteiger partial charge on any atom is 0.185 e. The van der Waals surface area contributed by atoms with Crippen LogP contribution in [0.5, 0.6) is 11.5 Å². The van der Waals surface area contributed by atoms with Crippen LogP contribution >= 0.6 is 27.5 Å². The lowest BCUT2D eigenvalue weighted by Crippen LogP contribution is -1.94. The molecule has 0 spiro atoms. The third-order valence-corrected chi connectivity index (χ3v) is 3.77. The Morgan fingerprint density at radius 2 is 1.95 bits per heavy atom. The molecule has 0 aliphatic rings. The zero-order valence-corrected chi connectivity index (χ0v) is 14.4. The number of methoxy groups -OCH3 is 2. The molecule has 0 unspecified atom stereocenters. The van der Waals surface area contributed by atoms with Gasteiger partial charge in [0, 0.05) is 10.0 Å². The van der Waals surface area contributed by atoms with Crippen LogP contribution in [0.4, 0.5) is 0 Å². The van der Waals surface area contributed by atoms with Gasteiger partial charge in [-0.25, -0.2) is 0 Å². The Kier molecular flexibility index (Phi) is 5.63. The SMILES string of the molecule is COc1cc(C=CC(=O)c2cccc(Br)c2)cc(Cl)c1OC. The molecule has 0 N–H and O–H groups in total. The van der Waals surface area contributed by atoms with Gasteiger partial charge in [-0.05, 0) is 35.9 Å². The molecule has 114 valence electrons. The van der Waals surface area contributed by atoms with Crippen LogP contribution in [0.2, 0.25) is 5.02 Å². The van der Waals surface area contributed by atoms with Crippen molar-refractivity contribution in [3.8, 4) is 11.5 Å². The van der Waals surface area contributed by atoms with E-state index in [2.05, 4.69) is 15.9 Å². The van der Waals surface area contributed by atoms with Crippen molar-refractivity contribution in [1.82, 2.24) is 0 Å². The second kappa shape index (κ2) is 7.47. The van der Waals surface area contributed by atoms with Crippen LogP contribution in [-0.4, -0.2) is 20.0 Å². The number of benzene rings is 2. The minimum Gasteiger partial charge on any atom is -0.493 e. The quantitative estimate of drug-likeness (QED) is 0.539. The lowest BCUT2D eigenvalue weighted by molar-refractivity contribution is 0.104. The van der Waals surface area contributed by atoms with Gasteiger partial charge < -0.3 is 9.47 Å². The third-order valence-electron chi connectivity index (χ3n) is 2.99. The Bertz CT molecular complexity index is 726. The van der Waals surface area contributed by atoms with Gasteiger partial charge in [0.05, 0.1) is 19.2 Å². The van der Waals surface area contributed by atoms with E-state index in [0.717, 1.165) is 10.0 Å². The molecule has 0 atom stereocenters. The van der Waals surface area contributed by atoms with Gasteiger partial charge in [-0.1, -0.05) is 45.7 Å². The maximum atomic E-state index is 12.1. The summed E-state index contributed by atoms with van der Waals surface area (Å²) < 4.78 is 11.3. The van der Waals surface area contributed by atoms with Crippen molar-refractivity contribution in [2.75, 3.05) is 14.2 Å². The van der Waals surface area contributed by atoms with E-state index in [4.69, 9.17) is 21.1 Å². The van der Waals surface area contributed by atoms with Gasteiger partial charge >= 0.3 is 0 Å². The molecular formula is C17H14BrClO3. The van der Waals surface area contributed by atoms with Gasteiger partial charge in [0.1, 0.15) is 0 Å². The first-order chi connectivity index (χ1) is 10.5. The number of ether oxygens (including phenoxy) is 2. The average Bonchev–Trinajstić information content (AvgIpc) is 2.51. The minimum absolute atomic E-state index is 0.0905. The van der Waals surface area contributed by atoms with E-state index < -0.39 is 0 Å². The molecule has 0 aliphatic heterocycles. The van der Waals surface area contributed by atoms with Gasteiger partial charge in [0.2, 0.25) is 0 Å². The molecule has 0 fully saturated rings. The van der Waals surface area contributed by atoms with Crippen molar-refractivity contribution in [3.63, 3.8) is 0 Å². The number of allylic oxidation sites excluding steroid dienone is 1. The van der Waals surface area contributed by atoms with Crippen LogP contribution in [0, 0.1) is 0 Å². The Labute approximate surface area is 142 Å². The maximum absolute atomic E-state index is 12.1. The molecule has 0 saturated heterocycles. The summed E-state index contributed by atoms with van der Waals surface area (Å²) in [4.78, 5) is 12.1. The number of hydrogen-bond donors (Lipinski definition) is 0. The molecule has 0 heterocycles. The lowest BCUT2D eigenvalue weighted by Gasteiger charge is -2.10. The van der Waals surface area contributed by atoms with Crippen molar-refractivity contribution < 1.29 is 14.3 Å². The summed E-state index contributed by atoms with van der Waals surface area (Å²) in [6.45, 7) is 0. The molecule has 0 saturated carbocycles. The highest BCUT2D eigenvalue weighted by molar-refractivity contribution is 9.10. The monoisotopic (exact) mass is 380 g/mol. The number of ketones is 1. The van der Waals surface area contributed by atoms with Crippen molar-refractivity contribution in [1.29, 1.82) is 0 Å². The molecule has 0 aliphatic carbocycles. The summed E-state index contributed by atoms with van der Waals surface area (Å²) in [5, 5.41) is 0.427. The predicted molar refractivity (Wildman–Crippen MR) is 92.1 cm³/mol. The first-order valence-corrected chi connectivity index (χ1v) is 7.61. The Balaban J connectivity index is 2.26. The van der Waals surface area contributed by atoms with E-state index in [-0.39, 0.29) is 5.78 Å². The van der Waals surface area contributed by atoms with Crippen molar-refractivity contribution >= 4 is 39.4 Å². The van der Waals surface area contributed by atoms with Gasteiger partial charge in [-0.2, -0.15) is 0 Å². The summed E-state index contributed by atoms with van der Waals surface area (Å²) in [6, 6.07) is 10.7. The second-order valence-electron chi connectivity index (χ2n) is 4.45. The Morgan fingerprint density at radius 1 is 1.18 bits per heavy atom. The van der Waals surface area contributed by atoms with Gasteiger partial charge in [-0.15, -0.1) is 0 Å².